The van der Waals surface area contributed by atoms with Gasteiger partial charge in [0, 0.05) is 20.2 Å². The summed E-state index contributed by atoms with van der Waals surface area (Å²) in [5.74, 6) is 0.0114. The molecule has 1 aromatic heterocycles. The molecule has 0 radical (unpaired) electrons. The smallest absolute Gasteiger partial charge is 0.380 e. The average Bonchev–Trinajstić information content (AvgIpc) is 3.15. The number of hydrogen-bond acceptors (Lipinski definition) is 4. The van der Waals surface area contributed by atoms with E-state index in [0.29, 0.717) is 18.8 Å². The van der Waals surface area contributed by atoms with E-state index in [1.165, 1.54) is 6.33 Å². The molecule has 1 aromatic rings. The van der Waals surface area contributed by atoms with Crippen molar-refractivity contribution >= 4 is 0 Å². The summed E-state index contributed by atoms with van der Waals surface area (Å²) in [5, 5.41) is 6.82. The van der Waals surface area contributed by atoms with Gasteiger partial charge in [0.1, 0.15) is 12.2 Å². The van der Waals surface area contributed by atoms with Crippen LogP contribution >= 0.6 is 0 Å². The first-order chi connectivity index (χ1) is 11.0. The van der Waals surface area contributed by atoms with Gasteiger partial charge in [0.15, 0.2) is 0 Å². The van der Waals surface area contributed by atoms with Crippen LogP contribution in [0.5, 0.6) is 0 Å². The first-order valence-electron chi connectivity index (χ1n) is 8.16. The van der Waals surface area contributed by atoms with Gasteiger partial charge in [-0.25, -0.2) is 4.98 Å². The van der Waals surface area contributed by atoms with Crippen molar-refractivity contribution in [2.45, 2.75) is 50.4 Å². The van der Waals surface area contributed by atoms with E-state index < -0.39 is 12.1 Å². The standard InChI is InChI=1S/C15H23F3N4O/c1-23-12-6-13(14-19-9-20-21-14)22(8-12)7-10-2-4-11(5-3-10)15(16,17)18/h9-13H,2-8H2,1H3,(H,19,20,21)/t10?,11?,12-,13+/m1/s1. The first kappa shape index (κ1) is 16.7. The third-order valence-corrected chi connectivity index (χ3v) is 5.25. The number of methoxy groups -OCH3 is 1. The summed E-state index contributed by atoms with van der Waals surface area (Å²) in [6.45, 7) is 1.59. The quantitative estimate of drug-likeness (QED) is 0.921. The highest BCUT2D eigenvalue weighted by atomic mass is 19.4. The number of aromatic nitrogens is 3. The fourth-order valence-electron chi connectivity index (χ4n) is 3.90. The van der Waals surface area contributed by atoms with Gasteiger partial charge in [-0.15, -0.1) is 0 Å². The van der Waals surface area contributed by atoms with Crippen LogP contribution < -0.4 is 0 Å². The van der Waals surface area contributed by atoms with Crippen molar-refractivity contribution in [1.82, 2.24) is 20.1 Å². The van der Waals surface area contributed by atoms with Gasteiger partial charge < -0.3 is 4.74 Å². The lowest BCUT2D eigenvalue weighted by Gasteiger charge is -2.33. The first-order valence-corrected chi connectivity index (χ1v) is 8.16. The molecule has 2 atom stereocenters. The zero-order valence-electron chi connectivity index (χ0n) is 13.2. The van der Waals surface area contributed by atoms with Gasteiger partial charge in [0.05, 0.1) is 18.1 Å². The lowest BCUT2D eigenvalue weighted by molar-refractivity contribution is -0.184. The van der Waals surface area contributed by atoms with Crippen molar-refractivity contribution < 1.29 is 17.9 Å². The number of ether oxygens (including phenoxy) is 1. The molecule has 1 saturated heterocycles. The van der Waals surface area contributed by atoms with E-state index in [-0.39, 0.29) is 25.0 Å². The van der Waals surface area contributed by atoms with Gasteiger partial charge >= 0.3 is 6.18 Å². The minimum atomic E-state index is -4.04. The Hall–Kier alpha value is -1.15. The van der Waals surface area contributed by atoms with E-state index in [2.05, 4.69) is 20.1 Å². The minimum Gasteiger partial charge on any atom is -0.380 e. The molecule has 2 heterocycles. The van der Waals surface area contributed by atoms with Crippen LogP contribution in [0.3, 0.4) is 0 Å². The zero-order valence-corrected chi connectivity index (χ0v) is 13.2. The molecule has 1 aliphatic carbocycles. The normalized spacial score (nSPS) is 33.2. The highest BCUT2D eigenvalue weighted by Gasteiger charge is 2.42. The number of halogens is 3. The molecular weight excluding hydrogens is 309 g/mol. The van der Waals surface area contributed by atoms with Gasteiger partial charge in [-0.3, -0.25) is 10.00 Å². The number of alkyl halides is 3. The molecule has 0 aromatic carbocycles. The minimum absolute atomic E-state index is 0.114. The maximum atomic E-state index is 12.8. The van der Waals surface area contributed by atoms with Gasteiger partial charge in [0.2, 0.25) is 0 Å². The lowest BCUT2D eigenvalue weighted by Crippen LogP contribution is -2.35. The molecule has 1 N–H and O–H groups in total. The third kappa shape index (κ3) is 3.85. The van der Waals surface area contributed by atoms with Crippen LogP contribution in [-0.4, -0.2) is 52.6 Å². The summed E-state index contributed by atoms with van der Waals surface area (Å²) >= 11 is 0. The van der Waals surface area contributed by atoms with Crippen molar-refractivity contribution in [3.63, 3.8) is 0 Å². The largest absolute Gasteiger partial charge is 0.391 e. The maximum Gasteiger partial charge on any atom is 0.391 e. The molecule has 0 amide bonds. The zero-order chi connectivity index (χ0) is 16.4. The van der Waals surface area contributed by atoms with Crippen LogP contribution in [0.2, 0.25) is 0 Å². The number of hydrogen-bond donors (Lipinski definition) is 1. The van der Waals surface area contributed by atoms with E-state index in [4.69, 9.17) is 4.74 Å². The van der Waals surface area contributed by atoms with E-state index in [9.17, 15) is 13.2 Å². The van der Waals surface area contributed by atoms with Crippen molar-refractivity contribution in [1.29, 1.82) is 0 Å². The molecule has 5 nitrogen and oxygen atoms in total. The molecule has 23 heavy (non-hydrogen) atoms. The summed E-state index contributed by atoms with van der Waals surface area (Å²) in [5.41, 5.74) is 0. The predicted molar refractivity (Wildman–Crippen MR) is 77.6 cm³/mol. The molecule has 1 saturated carbocycles. The Labute approximate surface area is 133 Å². The van der Waals surface area contributed by atoms with Crippen LogP contribution in [0.4, 0.5) is 13.2 Å². The monoisotopic (exact) mass is 332 g/mol. The summed E-state index contributed by atoms with van der Waals surface area (Å²) in [4.78, 5) is 6.53. The number of aromatic amines is 1. The summed E-state index contributed by atoms with van der Waals surface area (Å²) < 4.78 is 43.8. The molecule has 130 valence electrons. The Bertz CT molecular complexity index is 485. The van der Waals surface area contributed by atoms with Gasteiger partial charge in [-0.2, -0.15) is 18.3 Å². The van der Waals surface area contributed by atoms with Crippen LogP contribution in [-0.2, 0) is 4.74 Å². The highest BCUT2D eigenvalue weighted by molar-refractivity contribution is 4.99. The number of likely N-dealkylation sites (tertiary alicyclic amines) is 1. The molecule has 0 spiro atoms. The van der Waals surface area contributed by atoms with Gasteiger partial charge in [-0.05, 0) is 38.0 Å². The molecule has 8 heteroatoms. The van der Waals surface area contributed by atoms with Gasteiger partial charge in [-0.1, -0.05) is 0 Å². The van der Waals surface area contributed by atoms with Crippen molar-refractivity contribution in [2.75, 3.05) is 20.2 Å². The van der Waals surface area contributed by atoms with Crippen LogP contribution in [0.15, 0.2) is 6.33 Å². The predicted octanol–water partition coefficient (Wildman–Crippen LogP) is 2.94. The number of rotatable bonds is 4. The maximum absolute atomic E-state index is 12.8. The Morgan fingerprint density at radius 1 is 1.30 bits per heavy atom. The molecule has 0 bridgehead atoms. The Kier molecular flexibility index (Phi) is 4.91. The van der Waals surface area contributed by atoms with E-state index in [1.54, 1.807) is 7.11 Å². The second kappa shape index (κ2) is 6.76. The highest BCUT2D eigenvalue weighted by Crippen LogP contribution is 2.41. The van der Waals surface area contributed by atoms with Crippen molar-refractivity contribution in [2.24, 2.45) is 11.8 Å². The molecular formula is C15H23F3N4O. The lowest BCUT2D eigenvalue weighted by atomic mass is 9.81. The Balaban J connectivity index is 1.58. The Morgan fingerprint density at radius 3 is 2.61 bits per heavy atom. The van der Waals surface area contributed by atoms with Crippen molar-refractivity contribution in [3.8, 4) is 0 Å². The molecule has 3 rings (SSSR count). The summed E-state index contributed by atoms with van der Waals surface area (Å²) in [6, 6.07) is 0.114. The average molecular weight is 332 g/mol. The van der Waals surface area contributed by atoms with Crippen LogP contribution in [0.25, 0.3) is 0 Å². The summed E-state index contributed by atoms with van der Waals surface area (Å²) in [6.07, 6.45) is 0.207. The SMILES string of the molecule is CO[C@@H]1C[C@@H](c2ncn[nH]2)N(CC2CCC(C(F)(F)F)CC2)C1. The molecule has 2 fully saturated rings. The van der Waals surface area contributed by atoms with E-state index in [1.807, 2.05) is 0 Å². The number of nitrogens with zero attached hydrogens (tertiary/aromatic N) is 3. The van der Waals surface area contributed by atoms with Crippen LogP contribution in [0.1, 0.15) is 44.0 Å². The second-order valence-electron chi connectivity index (χ2n) is 6.69. The third-order valence-electron chi connectivity index (χ3n) is 5.25. The second-order valence-corrected chi connectivity index (χ2v) is 6.69. The number of H-pyrrole nitrogens is 1. The van der Waals surface area contributed by atoms with E-state index >= 15 is 0 Å². The Morgan fingerprint density at radius 2 is 2.04 bits per heavy atom. The molecule has 2 aliphatic rings. The fourth-order valence-corrected chi connectivity index (χ4v) is 3.90. The fraction of sp³-hybridized carbons (Fsp3) is 0.867. The van der Waals surface area contributed by atoms with Crippen LogP contribution in [0, 0.1) is 11.8 Å². The van der Waals surface area contributed by atoms with Crippen molar-refractivity contribution in [3.05, 3.63) is 12.2 Å². The molecule has 0 unspecified atom stereocenters. The summed E-state index contributed by atoms with van der Waals surface area (Å²) in [7, 11) is 1.69. The van der Waals surface area contributed by atoms with Gasteiger partial charge in [0.25, 0.3) is 0 Å². The van der Waals surface area contributed by atoms with E-state index in [0.717, 1.165) is 25.3 Å². The molecule has 1 aliphatic heterocycles. The number of nitrogens with one attached hydrogen (secondary N) is 1. The topological polar surface area (TPSA) is 54.0 Å².